The maximum absolute atomic E-state index is 12.4. The van der Waals surface area contributed by atoms with E-state index in [-0.39, 0.29) is 5.91 Å². The van der Waals surface area contributed by atoms with Crippen molar-refractivity contribution in [2.24, 2.45) is 0 Å². The second kappa shape index (κ2) is 5.63. The molecule has 4 heteroatoms. The molecule has 0 aromatic carbocycles. The van der Waals surface area contributed by atoms with E-state index in [0.717, 1.165) is 17.7 Å². The van der Waals surface area contributed by atoms with Gasteiger partial charge in [0.1, 0.15) is 0 Å². The first-order valence-electron chi connectivity index (χ1n) is 7.04. The van der Waals surface area contributed by atoms with Gasteiger partial charge in [0.15, 0.2) is 0 Å². The Morgan fingerprint density at radius 1 is 1.47 bits per heavy atom. The first kappa shape index (κ1) is 14.5. The van der Waals surface area contributed by atoms with Gasteiger partial charge in [-0.25, -0.2) is 0 Å². The van der Waals surface area contributed by atoms with Crippen LogP contribution in [0.2, 0.25) is 0 Å². The zero-order valence-electron chi connectivity index (χ0n) is 12.0. The van der Waals surface area contributed by atoms with E-state index in [4.69, 9.17) is 0 Å². The first-order valence-corrected chi connectivity index (χ1v) is 7.85. The largest absolute Gasteiger partial charge is 0.390 e. The van der Waals surface area contributed by atoms with Gasteiger partial charge in [-0.2, -0.15) is 0 Å². The molecule has 2 heterocycles. The Labute approximate surface area is 119 Å². The minimum absolute atomic E-state index is 0.131. The molecule has 0 spiro atoms. The van der Waals surface area contributed by atoms with Crippen LogP contribution in [0, 0.1) is 6.92 Å². The summed E-state index contributed by atoms with van der Waals surface area (Å²) < 4.78 is 0. The normalized spacial score (nSPS) is 18.6. The number of amides is 1. The predicted molar refractivity (Wildman–Crippen MR) is 78.8 cm³/mol. The van der Waals surface area contributed by atoms with Crippen LogP contribution in [-0.2, 0) is 6.42 Å². The third kappa shape index (κ3) is 3.37. The number of thiophene rings is 1. The number of carbonyl (C=O) groups excluding carboxylic acids is 1. The molecule has 1 N–H and O–H groups in total. The Balaban J connectivity index is 2.06. The summed E-state index contributed by atoms with van der Waals surface area (Å²) in [6.45, 7) is 7.42. The van der Waals surface area contributed by atoms with Gasteiger partial charge in [0.25, 0.3) is 5.91 Å². The Morgan fingerprint density at radius 2 is 2.11 bits per heavy atom. The maximum Gasteiger partial charge on any atom is 0.263 e. The van der Waals surface area contributed by atoms with Crippen molar-refractivity contribution in [3.8, 4) is 0 Å². The fourth-order valence-electron chi connectivity index (χ4n) is 2.49. The van der Waals surface area contributed by atoms with E-state index in [1.807, 2.05) is 11.8 Å². The van der Waals surface area contributed by atoms with Gasteiger partial charge in [0.05, 0.1) is 10.5 Å². The number of hydrogen-bond acceptors (Lipinski definition) is 3. The molecule has 3 nitrogen and oxygen atoms in total. The van der Waals surface area contributed by atoms with Crippen LogP contribution < -0.4 is 0 Å². The average molecular weight is 281 g/mol. The number of piperidine rings is 1. The van der Waals surface area contributed by atoms with E-state index >= 15 is 0 Å². The van der Waals surface area contributed by atoms with Gasteiger partial charge in [-0.05, 0) is 44.7 Å². The molecule has 1 aromatic rings. The lowest BCUT2D eigenvalue weighted by atomic mass is 9.94. The van der Waals surface area contributed by atoms with Gasteiger partial charge in [-0.15, -0.1) is 11.3 Å². The van der Waals surface area contributed by atoms with Gasteiger partial charge in [-0.3, -0.25) is 4.79 Å². The third-order valence-corrected chi connectivity index (χ3v) is 4.96. The summed E-state index contributed by atoms with van der Waals surface area (Å²) in [6, 6.07) is 2.05. The van der Waals surface area contributed by atoms with Crippen LogP contribution in [0.25, 0.3) is 0 Å². The van der Waals surface area contributed by atoms with Gasteiger partial charge in [0, 0.05) is 18.0 Å². The van der Waals surface area contributed by atoms with Crippen LogP contribution in [0.15, 0.2) is 6.07 Å². The molecule has 0 atom stereocenters. The van der Waals surface area contributed by atoms with Crippen molar-refractivity contribution in [2.75, 3.05) is 13.1 Å². The molecular weight excluding hydrogens is 258 g/mol. The van der Waals surface area contributed by atoms with Crippen LogP contribution in [0.3, 0.4) is 0 Å². The van der Waals surface area contributed by atoms with Gasteiger partial charge < -0.3 is 10.0 Å². The molecule has 1 aromatic heterocycles. The van der Waals surface area contributed by atoms with Gasteiger partial charge in [0.2, 0.25) is 0 Å². The summed E-state index contributed by atoms with van der Waals surface area (Å²) in [5.41, 5.74) is 0.704. The minimum Gasteiger partial charge on any atom is -0.390 e. The molecule has 106 valence electrons. The molecule has 0 saturated carbocycles. The number of rotatable bonds is 3. The molecule has 1 fully saturated rings. The van der Waals surface area contributed by atoms with Crippen LogP contribution in [-0.4, -0.2) is 34.6 Å². The number of aliphatic hydroxyl groups is 1. The Hall–Kier alpha value is -0.870. The molecule has 1 amide bonds. The molecule has 0 aliphatic carbocycles. The highest BCUT2D eigenvalue weighted by atomic mass is 32.1. The Morgan fingerprint density at radius 3 is 2.68 bits per heavy atom. The van der Waals surface area contributed by atoms with Crippen molar-refractivity contribution in [3.63, 3.8) is 0 Å². The van der Waals surface area contributed by atoms with E-state index in [9.17, 15) is 9.90 Å². The van der Waals surface area contributed by atoms with E-state index in [1.165, 1.54) is 10.4 Å². The van der Waals surface area contributed by atoms with Crippen LogP contribution in [0.1, 0.15) is 53.2 Å². The maximum atomic E-state index is 12.4. The Kier molecular flexibility index (Phi) is 4.31. The minimum atomic E-state index is -0.602. The molecule has 1 aliphatic heterocycles. The Bertz CT molecular complexity index is 455. The van der Waals surface area contributed by atoms with Gasteiger partial charge >= 0.3 is 0 Å². The number of likely N-dealkylation sites (tertiary alicyclic amines) is 1. The summed E-state index contributed by atoms with van der Waals surface area (Å²) in [6.07, 6.45) is 3.50. The molecule has 1 aliphatic rings. The predicted octanol–water partition coefficient (Wildman–Crippen LogP) is 3.00. The highest BCUT2D eigenvalue weighted by molar-refractivity contribution is 7.14. The standard InChI is InChI=1S/C15H23NO2S/c1-4-5-12-10-13(19-11(12)2)14(17)16-8-6-15(3,18)7-9-16/h10,18H,4-9H2,1-3H3. The van der Waals surface area contributed by atoms with Crippen molar-refractivity contribution in [1.82, 2.24) is 4.90 Å². The summed E-state index contributed by atoms with van der Waals surface area (Å²) in [4.78, 5) is 16.4. The van der Waals surface area contributed by atoms with Crippen molar-refractivity contribution in [3.05, 3.63) is 21.4 Å². The van der Waals surface area contributed by atoms with Crippen molar-refractivity contribution in [1.29, 1.82) is 0 Å². The molecule has 0 unspecified atom stereocenters. The second-order valence-corrected chi connectivity index (χ2v) is 6.99. The molecule has 0 radical (unpaired) electrons. The molecule has 2 rings (SSSR count). The molecular formula is C15H23NO2S. The smallest absolute Gasteiger partial charge is 0.263 e. The summed E-state index contributed by atoms with van der Waals surface area (Å²) in [7, 11) is 0. The number of nitrogens with zero attached hydrogens (tertiary/aromatic N) is 1. The first-order chi connectivity index (χ1) is 8.93. The number of aryl methyl sites for hydroxylation is 2. The lowest BCUT2D eigenvalue weighted by molar-refractivity contribution is -0.00188. The van der Waals surface area contributed by atoms with E-state index < -0.39 is 5.60 Å². The average Bonchev–Trinajstić information content (AvgIpc) is 2.71. The summed E-state index contributed by atoms with van der Waals surface area (Å²) in [5, 5.41) is 9.93. The highest BCUT2D eigenvalue weighted by Crippen LogP contribution is 2.27. The van der Waals surface area contributed by atoms with Gasteiger partial charge in [-0.1, -0.05) is 13.3 Å². The van der Waals surface area contributed by atoms with Crippen LogP contribution >= 0.6 is 11.3 Å². The van der Waals surface area contributed by atoms with Crippen molar-refractivity contribution >= 4 is 17.2 Å². The van der Waals surface area contributed by atoms with E-state index in [0.29, 0.717) is 25.9 Å². The number of hydrogen-bond donors (Lipinski definition) is 1. The quantitative estimate of drug-likeness (QED) is 0.925. The fraction of sp³-hybridized carbons (Fsp3) is 0.667. The summed E-state index contributed by atoms with van der Waals surface area (Å²) in [5.74, 6) is 0.131. The van der Waals surface area contributed by atoms with Crippen molar-refractivity contribution < 1.29 is 9.90 Å². The van der Waals surface area contributed by atoms with E-state index in [1.54, 1.807) is 11.3 Å². The van der Waals surface area contributed by atoms with Crippen molar-refractivity contribution in [2.45, 2.75) is 52.1 Å². The molecule has 0 bridgehead atoms. The SMILES string of the molecule is CCCc1cc(C(=O)N2CCC(C)(O)CC2)sc1C. The zero-order chi connectivity index (χ0) is 14.0. The van der Waals surface area contributed by atoms with E-state index in [2.05, 4.69) is 19.9 Å². The topological polar surface area (TPSA) is 40.5 Å². The van der Waals surface area contributed by atoms with Crippen LogP contribution in [0.4, 0.5) is 0 Å². The number of carbonyl (C=O) groups is 1. The molecule has 19 heavy (non-hydrogen) atoms. The summed E-state index contributed by atoms with van der Waals surface area (Å²) >= 11 is 1.60. The third-order valence-electron chi connectivity index (χ3n) is 3.88. The monoisotopic (exact) mass is 281 g/mol. The second-order valence-electron chi connectivity index (χ2n) is 5.73. The molecule has 1 saturated heterocycles. The van der Waals surface area contributed by atoms with Crippen LogP contribution in [0.5, 0.6) is 0 Å². The highest BCUT2D eigenvalue weighted by Gasteiger charge is 2.30. The lowest BCUT2D eigenvalue weighted by Crippen LogP contribution is -2.44. The lowest BCUT2D eigenvalue weighted by Gasteiger charge is -2.35. The zero-order valence-corrected chi connectivity index (χ0v) is 12.8. The fourth-order valence-corrected chi connectivity index (χ4v) is 3.53.